The van der Waals surface area contributed by atoms with Crippen molar-refractivity contribution in [2.75, 3.05) is 9.80 Å². The number of rotatable bonds is 6. The summed E-state index contributed by atoms with van der Waals surface area (Å²) in [5, 5.41) is 0. The van der Waals surface area contributed by atoms with Crippen LogP contribution in [0.4, 0.5) is 51.7 Å². The molecule has 0 saturated carbocycles. The van der Waals surface area contributed by atoms with E-state index in [0.29, 0.717) is 0 Å². The van der Waals surface area contributed by atoms with E-state index in [1.54, 1.807) is 48.5 Å². The summed E-state index contributed by atoms with van der Waals surface area (Å²) >= 11 is 0. The number of benzene rings is 11. The number of fused-ring (bicyclic) bond motifs is 20. The molecule has 15 rings (SSSR count). The fraction of sp³-hybridized carbons (Fsp3) is 0.214. The Hall–Kier alpha value is -9.26. The first kappa shape index (κ1) is 57.2. The van der Waals surface area contributed by atoms with Crippen molar-refractivity contribution >= 4 is 34.1 Å². The Morgan fingerprint density at radius 2 is 0.400 bits per heavy atom. The van der Waals surface area contributed by atoms with Gasteiger partial charge in [-0.3, -0.25) is 0 Å². The van der Waals surface area contributed by atoms with Crippen LogP contribution in [0.3, 0.4) is 0 Å². The van der Waals surface area contributed by atoms with Gasteiger partial charge in [0.15, 0.2) is 0 Å². The third-order valence-corrected chi connectivity index (χ3v) is 20.0. The molecule has 11 aromatic rings. The predicted molar refractivity (Wildman–Crippen MR) is 363 cm³/mol. The van der Waals surface area contributed by atoms with Crippen molar-refractivity contribution in [2.24, 2.45) is 0 Å². The molecule has 0 heterocycles. The molecule has 2 nitrogen and oxygen atoms in total. The molecule has 6 heteroatoms. The average Bonchev–Trinajstić information content (AvgIpc) is 1.49. The van der Waals surface area contributed by atoms with Crippen LogP contribution >= 0.6 is 0 Å². The monoisotopic (exact) mass is 1180 g/mol. The molecular weight excluding hydrogens is 1110 g/mol. The molecule has 0 aliphatic heterocycles. The Labute approximate surface area is 527 Å². The van der Waals surface area contributed by atoms with Crippen LogP contribution in [0.5, 0.6) is 0 Å². The van der Waals surface area contributed by atoms with E-state index in [1.807, 2.05) is 0 Å². The standard InChI is InChI=1S/C84H72F4N2/c1-79(2,3)49-13-35-63-64-36-14-50(80(4,5)6)42-72(64)83(71(63)41-49)75-45-61(89(57-25-17-53(85)18-26-57)58-27-19-54(86)20-28-58)33-39-67(75)69-48-78-70(47-77(69)83)68-40-34-62(90(59-29-21-55(87)22-30-59)60-31-23-56(88)24-32-60)46-76(68)84(78)73-43-51(81(7,8)9)15-37-65(73)66-38-16-52(44-74(66)84)82(10,11)12/h13-48H,1-12H3. The fourth-order valence-electron chi connectivity index (χ4n) is 15.3. The van der Waals surface area contributed by atoms with Crippen LogP contribution in [0.2, 0.25) is 0 Å². The lowest BCUT2D eigenvalue weighted by Crippen LogP contribution is -2.29. The molecule has 11 aromatic carbocycles. The van der Waals surface area contributed by atoms with Gasteiger partial charge >= 0.3 is 0 Å². The van der Waals surface area contributed by atoms with Crippen molar-refractivity contribution < 1.29 is 17.6 Å². The van der Waals surface area contributed by atoms with E-state index in [4.69, 9.17) is 0 Å². The summed E-state index contributed by atoms with van der Waals surface area (Å²) in [6, 6.07) is 73.6. The molecule has 4 aliphatic rings. The zero-order valence-corrected chi connectivity index (χ0v) is 53.2. The maximum atomic E-state index is 15.0. The minimum absolute atomic E-state index is 0.201. The fourth-order valence-corrected chi connectivity index (χ4v) is 15.3. The zero-order valence-electron chi connectivity index (χ0n) is 53.2. The minimum Gasteiger partial charge on any atom is -0.310 e. The van der Waals surface area contributed by atoms with Gasteiger partial charge in [-0.2, -0.15) is 0 Å². The van der Waals surface area contributed by atoms with Crippen LogP contribution in [0.25, 0.3) is 44.5 Å². The van der Waals surface area contributed by atoms with Crippen molar-refractivity contribution in [3.8, 4) is 44.5 Å². The third-order valence-electron chi connectivity index (χ3n) is 20.0. The summed E-state index contributed by atoms with van der Waals surface area (Å²) in [4.78, 5) is 4.22. The molecule has 0 bridgehead atoms. The van der Waals surface area contributed by atoms with Gasteiger partial charge in [0.2, 0.25) is 0 Å². The van der Waals surface area contributed by atoms with Crippen LogP contribution in [-0.2, 0) is 32.5 Å². The summed E-state index contributed by atoms with van der Waals surface area (Å²) in [6.45, 7) is 27.5. The van der Waals surface area contributed by atoms with E-state index in [9.17, 15) is 17.6 Å². The molecule has 0 saturated heterocycles. The van der Waals surface area contributed by atoms with Crippen LogP contribution in [0.1, 0.15) is 150 Å². The number of anilines is 6. The van der Waals surface area contributed by atoms with Crippen molar-refractivity contribution in [1.29, 1.82) is 0 Å². The van der Waals surface area contributed by atoms with Crippen molar-refractivity contribution in [2.45, 2.75) is 116 Å². The number of halogens is 4. The van der Waals surface area contributed by atoms with E-state index in [1.165, 1.54) is 126 Å². The first-order valence-electron chi connectivity index (χ1n) is 31.5. The Balaban J connectivity index is 1.10. The molecule has 2 spiro atoms. The second-order valence-corrected chi connectivity index (χ2v) is 29.5. The van der Waals surface area contributed by atoms with E-state index in [-0.39, 0.29) is 44.9 Å². The highest BCUT2D eigenvalue weighted by Crippen LogP contribution is 2.69. The van der Waals surface area contributed by atoms with Crippen LogP contribution in [0.15, 0.2) is 218 Å². The minimum atomic E-state index is -0.873. The van der Waals surface area contributed by atoms with Gasteiger partial charge in [0.05, 0.1) is 10.8 Å². The summed E-state index contributed by atoms with van der Waals surface area (Å²) in [7, 11) is 0. The largest absolute Gasteiger partial charge is 0.310 e. The molecule has 0 amide bonds. The van der Waals surface area contributed by atoms with Crippen LogP contribution < -0.4 is 9.80 Å². The van der Waals surface area contributed by atoms with E-state index < -0.39 is 10.8 Å². The topological polar surface area (TPSA) is 6.48 Å². The number of hydrogen-bond acceptors (Lipinski definition) is 2. The van der Waals surface area contributed by atoms with Crippen molar-refractivity contribution in [3.05, 3.63) is 308 Å². The maximum Gasteiger partial charge on any atom is 0.123 e. The smallest absolute Gasteiger partial charge is 0.123 e. The summed E-state index contributed by atoms with van der Waals surface area (Å²) in [5.74, 6) is -1.38. The normalized spacial score (nSPS) is 14.4. The van der Waals surface area contributed by atoms with Crippen molar-refractivity contribution in [3.63, 3.8) is 0 Å². The first-order chi connectivity index (χ1) is 42.7. The molecule has 446 valence electrons. The Bertz CT molecular complexity index is 4250. The highest BCUT2D eigenvalue weighted by atomic mass is 19.1. The molecular formula is C84H72F4N2. The Morgan fingerprint density at radius 3 is 0.633 bits per heavy atom. The SMILES string of the molecule is CC(C)(C)c1ccc2c(c1)C1(c3cc(N(c4ccc(F)cc4)c4ccc(F)cc4)ccc3-c3cc4c(cc31)-c1ccc(N(c3ccc(F)cc3)c3ccc(F)cc3)cc1C41c3cc(C(C)(C)C)ccc3-c3ccc(C(C)(C)C)cc31)c1cc(C(C)(C)C)ccc1-2. The van der Waals surface area contributed by atoms with Gasteiger partial charge in [-0.05, 0) is 266 Å². The van der Waals surface area contributed by atoms with E-state index in [0.717, 1.165) is 67.5 Å². The summed E-state index contributed by atoms with van der Waals surface area (Å²) < 4.78 is 60.0. The van der Waals surface area contributed by atoms with Crippen LogP contribution in [-0.4, -0.2) is 0 Å². The predicted octanol–water partition coefficient (Wildman–Crippen LogP) is 23.1. The molecule has 0 aromatic heterocycles. The molecule has 0 fully saturated rings. The molecule has 0 radical (unpaired) electrons. The van der Waals surface area contributed by atoms with Crippen LogP contribution in [0, 0.1) is 23.3 Å². The first-order valence-corrected chi connectivity index (χ1v) is 31.5. The van der Waals surface area contributed by atoms with Crippen molar-refractivity contribution in [1.82, 2.24) is 0 Å². The highest BCUT2D eigenvalue weighted by molar-refractivity contribution is 6.03. The van der Waals surface area contributed by atoms with Gasteiger partial charge in [0.25, 0.3) is 0 Å². The van der Waals surface area contributed by atoms with Gasteiger partial charge in [0, 0.05) is 34.1 Å². The zero-order chi connectivity index (χ0) is 62.9. The quantitative estimate of drug-likeness (QED) is 0.153. The number of hydrogen-bond donors (Lipinski definition) is 0. The molecule has 0 N–H and O–H groups in total. The second-order valence-electron chi connectivity index (χ2n) is 29.5. The Kier molecular flexibility index (Phi) is 12.5. The Morgan fingerprint density at radius 1 is 0.211 bits per heavy atom. The van der Waals surface area contributed by atoms with Gasteiger partial charge in [-0.1, -0.05) is 168 Å². The lowest BCUT2D eigenvalue weighted by Gasteiger charge is -2.35. The molecule has 0 unspecified atom stereocenters. The van der Waals surface area contributed by atoms with Gasteiger partial charge < -0.3 is 9.80 Å². The molecule has 90 heavy (non-hydrogen) atoms. The number of nitrogens with zero attached hydrogens (tertiary/aromatic N) is 2. The summed E-state index contributed by atoms with van der Waals surface area (Å²) in [6.07, 6.45) is 0. The third kappa shape index (κ3) is 8.49. The molecule has 4 aliphatic carbocycles. The van der Waals surface area contributed by atoms with E-state index >= 15 is 0 Å². The lowest BCUT2D eigenvalue weighted by atomic mass is 9.67. The highest BCUT2D eigenvalue weighted by Gasteiger charge is 2.57. The second kappa shape index (κ2) is 19.6. The van der Waals surface area contributed by atoms with E-state index in [2.05, 4.69) is 214 Å². The van der Waals surface area contributed by atoms with Gasteiger partial charge in [-0.15, -0.1) is 0 Å². The maximum absolute atomic E-state index is 15.0. The van der Waals surface area contributed by atoms with Gasteiger partial charge in [-0.25, -0.2) is 17.6 Å². The van der Waals surface area contributed by atoms with Gasteiger partial charge in [0.1, 0.15) is 23.3 Å². The average molecular weight is 1190 g/mol. The summed E-state index contributed by atoms with van der Waals surface area (Å²) in [5.41, 5.74) is 25.7. The molecule has 0 atom stereocenters. The lowest BCUT2D eigenvalue weighted by molar-refractivity contribution is 0.586.